The first-order valence-electron chi connectivity index (χ1n) is 9.73. The maximum Gasteiger partial charge on any atom is 0.433 e. The molecule has 2 N–H and O–H groups in total. The summed E-state index contributed by atoms with van der Waals surface area (Å²) in [5, 5.41) is 6.06. The molecule has 1 aliphatic heterocycles. The Morgan fingerprint density at radius 1 is 1.23 bits per heavy atom. The van der Waals surface area contributed by atoms with E-state index in [0.717, 1.165) is 43.5 Å². The van der Waals surface area contributed by atoms with Crippen LogP contribution in [0.4, 0.5) is 19.1 Å². The molecule has 10 heteroatoms. The van der Waals surface area contributed by atoms with E-state index in [4.69, 9.17) is 0 Å². The minimum absolute atomic E-state index is 0.0409. The minimum atomic E-state index is -4.48. The Morgan fingerprint density at radius 2 is 2.03 bits per heavy atom. The summed E-state index contributed by atoms with van der Waals surface area (Å²) >= 11 is 1.87. The maximum atomic E-state index is 12.7. The molecule has 30 heavy (non-hydrogen) atoms. The summed E-state index contributed by atoms with van der Waals surface area (Å²) in [6.45, 7) is 2.74. The highest BCUT2D eigenvalue weighted by atomic mass is 32.2. The van der Waals surface area contributed by atoms with E-state index in [1.165, 1.54) is 4.90 Å². The molecular weight excluding hydrogens is 413 g/mol. The molecule has 1 aromatic carbocycles. The van der Waals surface area contributed by atoms with Crippen LogP contribution in [0.15, 0.2) is 52.5 Å². The predicted octanol–water partition coefficient (Wildman–Crippen LogP) is 3.60. The standard InChI is InChI=1S/C20H25F3N6S/c1-24-19(27-11-10-26-18-25-9-7-17(28-18)20(21,22)23)29-12-8-15(13-29)14-30-16-5-3-2-4-6-16/h2-7,9,15H,8,10-14H2,1H3,(H,24,27)(H,25,26,28). The van der Waals surface area contributed by atoms with Gasteiger partial charge in [0, 0.05) is 50.1 Å². The predicted molar refractivity (Wildman–Crippen MR) is 114 cm³/mol. The highest BCUT2D eigenvalue weighted by Crippen LogP contribution is 2.27. The van der Waals surface area contributed by atoms with Gasteiger partial charge in [-0.25, -0.2) is 9.97 Å². The van der Waals surface area contributed by atoms with E-state index in [1.807, 2.05) is 30.0 Å². The van der Waals surface area contributed by atoms with Gasteiger partial charge in [0.1, 0.15) is 5.69 Å². The van der Waals surface area contributed by atoms with Gasteiger partial charge in [-0.15, -0.1) is 11.8 Å². The molecule has 0 amide bonds. The fraction of sp³-hybridized carbons (Fsp3) is 0.450. The second-order valence-corrected chi connectivity index (χ2v) is 7.98. The van der Waals surface area contributed by atoms with Gasteiger partial charge in [-0.2, -0.15) is 13.2 Å². The molecule has 0 spiro atoms. The van der Waals surface area contributed by atoms with Crippen LogP contribution in [-0.4, -0.2) is 59.8 Å². The first-order valence-corrected chi connectivity index (χ1v) is 10.7. The lowest BCUT2D eigenvalue weighted by molar-refractivity contribution is -0.141. The lowest BCUT2D eigenvalue weighted by atomic mass is 10.2. The zero-order valence-electron chi connectivity index (χ0n) is 16.7. The van der Waals surface area contributed by atoms with Crippen molar-refractivity contribution < 1.29 is 13.2 Å². The van der Waals surface area contributed by atoms with Gasteiger partial charge in [-0.3, -0.25) is 4.99 Å². The van der Waals surface area contributed by atoms with Crippen molar-refractivity contribution in [2.75, 3.05) is 44.3 Å². The number of halogens is 3. The number of guanidine groups is 1. The number of aliphatic imine (C=N–C) groups is 1. The van der Waals surface area contributed by atoms with Crippen molar-refractivity contribution >= 4 is 23.7 Å². The number of anilines is 1. The summed E-state index contributed by atoms with van der Waals surface area (Å²) in [5.41, 5.74) is -0.958. The van der Waals surface area contributed by atoms with Gasteiger partial charge in [0.25, 0.3) is 0 Å². The van der Waals surface area contributed by atoms with E-state index in [-0.39, 0.29) is 5.95 Å². The number of aromatic nitrogens is 2. The maximum absolute atomic E-state index is 12.7. The van der Waals surface area contributed by atoms with Crippen LogP contribution < -0.4 is 10.6 Å². The first kappa shape index (κ1) is 22.2. The molecule has 1 fully saturated rings. The second-order valence-electron chi connectivity index (χ2n) is 6.89. The smallest absolute Gasteiger partial charge is 0.354 e. The van der Waals surface area contributed by atoms with Crippen LogP contribution in [0.1, 0.15) is 12.1 Å². The third-order valence-electron chi connectivity index (χ3n) is 4.66. The first-order chi connectivity index (χ1) is 14.5. The Labute approximate surface area is 178 Å². The number of nitrogens with one attached hydrogen (secondary N) is 2. The summed E-state index contributed by atoms with van der Waals surface area (Å²) in [6.07, 6.45) is -2.27. The van der Waals surface area contributed by atoms with Crippen molar-refractivity contribution in [2.45, 2.75) is 17.5 Å². The molecule has 1 aromatic heterocycles. The van der Waals surface area contributed by atoms with Crippen molar-refractivity contribution in [3.63, 3.8) is 0 Å². The molecule has 6 nitrogen and oxygen atoms in total. The van der Waals surface area contributed by atoms with Gasteiger partial charge in [0.2, 0.25) is 5.95 Å². The molecule has 1 aliphatic rings. The number of benzene rings is 1. The fourth-order valence-corrected chi connectivity index (χ4v) is 4.22. The largest absolute Gasteiger partial charge is 0.433 e. The summed E-state index contributed by atoms with van der Waals surface area (Å²) in [6, 6.07) is 11.2. The summed E-state index contributed by atoms with van der Waals surface area (Å²) in [5.74, 6) is 2.41. The third-order valence-corrected chi connectivity index (χ3v) is 5.91. The highest BCUT2D eigenvalue weighted by molar-refractivity contribution is 7.99. The number of nitrogens with zero attached hydrogens (tertiary/aromatic N) is 4. The van der Waals surface area contributed by atoms with Gasteiger partial charge in [-0.05, 0) is 30.5 Å². The van der Waals surface area contributed by atoms with Crippen LogP contribution in [0.25, 0.3) is 0 Å². The summed E-state index contributed by atoms with van der Waals surface area (Å²) < 4.78 is 38.1. The average molecular weight is 439 g/mol. The summed E-state index contributed by atoms with van der Waals surface area (Å²) in [7, 11) is 1.73. The van der Waals surface area contributed by atoms with Gasteiger partial charge in [-0.1, -0.05) is 18.2 Å². The van der Waals surface area contributed by atoms with E-state index in [9.17, 15) is 13.2 Å². The van der Waals surface area contributed by atoms with Crippen LogP contribution in [0.5, 0.6) is 0 Å². The van der Waals surface area contributed by atoms with Gasteiger partial charge < -0.3 is 15.5 Å². The molecule has 0 aliphatic carbocycles. The number of thioether (sulfide) groups is 1. The quantitative estimate of drug-likeness (QED) is 0.298. The van der Waals surface area contributed by atoms with E-state index in [0.29, 0.717) is 19.0 Å². The van der Waals surface area contributed by atoms with Crippen molar-refractivity contribution in [1.29, 1.82) is 0 Å². The SMILES string of the molecule is CN=C(NCCNc1nccc(C(F)(F)F)n1)N1CCC(CSc2ccccc2)C1. The minimum Gasteiger partial charge on any atom is -0.354 e. The van der Waals surface area contributed by atoms with E-state index in [2.05, 4.69) is 42.6 Å². The van der Waals surface area contributed by atoms with Crippen molar-refractivity contribution in [1.82, 2.24) is 20.2 Å². The van der Waals surface area contributed by atoms with Crippen LogP contribution in [0.3, 0.4) is 0 Å². The second kappa shape index (κ2) is 10.5. The normalized spacial score (nSPS) is 17.3. The fourth-order valence-electron chi connectivity index (χ4n) is 3.17. The molecule has 2 aromatic rings. The zero-order valence-corrected chi connectivity index (χ0v) is 17.5. The monoisotopic (exact) mass is 438 g/mol. The molecule has 0 radical (unpaired) electrons. The summed E-state index contributed by atoms with van der Waals surface area (Å²) in [4.78, 5) is 15.2. The van der Waals surface area contributed by atoms with Crippen molar-refractivity contribution in [2.24, 2.45) is 10.9 Å². The molecular formula is C20H25F3N6S. The Morgan fingerprint density at radius 3 is 2.77 bits per heavy atom. The lowest BCUT2D eigenvalue weighted by Crippen LogP contribution is -2.42. The van der Waals surface area contributed by atoms with Crippen LogP contribution >= 0.6 is 11.8 Å². The van der Waals surface area contributed by atoms with Crippen LogP contribution in [0.2, 0.25) is 0 Å². The topological polar surface area (TPSA) is 65.4 Å². The molecule has 1 saturated heterocycles. The van der Waals surface area contributed by atoms with Gasteiger partial charge in [0.05, 0.1) is 0 Å². The van der Waals surface area contributed by atoms with Crippen molar-refractivity contribution in [3.8, 4) is 0 Å². The highest BCUT2D eigenvalue weighted by Gasteiger charge is 2.32. The molecule has 0 saturated carbocycles. The van der Waals surface area contributed by atoms with E-state index < -0.39 is 11.9 Å². The van der Waals surface area contributed by atoms with Gasteiger partial charge >= 0.3 is 6.18 Å². The van der Waals surface area contributed by atoms with Crippen molar-refractivity contribution in [3.05, 3.63) is 48.3 Å². The third kappa shape index (κ3) is 6.51. The average Bonchev–Trinajstić information content (AvgIpc) is 3.21. The molecule has 3 rings (SSSR count). The molecule has 2 heterocycles. The van der Waals surface area contributed by atoms with Crippen LogP contribution in [-0.2, 0) is 6.18 Å². The molecule has 1 atom stereocenters. The molecule has 1 unspecified atom stereocenters. The molecule has 162 valence electrons. The number of likely N-dealkylation sites (tertiary alicyclic amines) is 1. The zero-order chi connectivity index (χ0) is 21.4. The number of alkyl halides is 3. The van der Waals surface area contributed by atoms with E-state index >= 15 is 0 Å². The number of hydrogen-bond acceptors (Lipinski definition) is 5. The van der Waals surface area contributed by atoms with Gasteiger partial charge in [0.15, 0.2) is 5.96 Å². The number of hydrogen-bond donors (Lipinski definition) is 2. The lowest BCUT2D eigenvalue weighted by Gasteiger charge is -2.21. The van der Waals surface area contributed by atoms with Crippen LogP contribution in [0, 0.1) is 5.92 Å². The number of rotatable bonds is 7. The Kier molecular flexibility index (Phi) is 7.78. The Bertz CT molecular complexity index is 831. The van der Waals surface area contributed by atoms with E-state index in [1.54, 1.807) is 7.05 Å². The Hall–Kier alpha value is -2.49. The Balaban J connectivity index is 1.40. The molecule has 0 bridgehead atoms.